The van der Waals surface area contributed by atoms with Crippen LogP contribution in [0.4, 0.5) is 11.4 Å². The largest absolute Gasteiger partial charge is 0.388 e. The Bertz CT molecular complexity index is 602. The molecule has 3 nitrogen and oxygen atoms in total. The van der Waals surface area contributed by atoms with Gasteiger partial charge in [-0.1, -0.05) is 28.1 Å². The summed E-state index contributed by atoms with van der Waals surface area (Å²) in [5.41, 5.74) is 7.92. The van der Waals surface area contributed by atoms with Crippen LogP contribution in [0.2, 0.25) is 0 Å². The molecule has 0 aliphatic carbocycles. The van der Waals surface area contributed by atoms with Crippen molar-refractivity contribution in [2.45, 2.75) is 0 Å². The standard InChI is InChI=1S/C12H9Br2N3S/c13-7-3-4-8(14)10(6-7)17-9-2-1-5-16-11(9)12(15)18/h1-6,17H,(H2,15,18). The van der Waals surface area contributed by atoms with Crippen molar-refractivity contribution < 1.29 is 0 Å². The number of nitrogens with two attached hydrogens (primary N) is 1. The van der Waals surface area contributed by atoms with E-state index in [0.29, 0.717) is 5.69 Å². The Morgan fingerprint density at radius 2 is 2.00 bits per heavy atom. The first-order valence-electron chi connectivity index (χ1n) is 5.05. The van der Waals surface area contributed by atoms with Gasteiger partial charge in [0.25, 0.3) is 0 Å². The summed E-state index contributed by atoms with van der Waals surface area (Å²) < 4.78 is 1.93. The molecule has 0 radical (unpaired) electrons. The van der Waals surface area contributed by atoms with Crippen molar-refractivity contribution in [1.29, 1.82) is 0 Å². The summed E-state index contributed by atoms with van der Waals surface area (Å²) in [7, 11) is 0. The molecule has 0 unspecified atom stereocenters. The van der Waals surface area contributed by atoms with Gasteiger partial charge in [0, 0.05) is 15.1 Å². The molecule has 0 aliphatic heterocycles. The molecule has 1 aromatic carbocycles. The van der Waals surface area contributed by atoms with Crippen molar-refractivity contribution in [3.05, 3.63) is 51.2 Å². The number of anilines is 2. The van der Waals surface area contributed by atoms with Gasteiger partial charge in [-0.15, -0.1) is 0 Å². The molecular formula is C12H9Br2N3S. The Morgan fingerprint density at radius 3 is 2.72 bits per heavy atom. The van der Waals surface area contributed by atoms with Gasteiger partial charge in [0.15, 0.2) is 0 Å². The summed E-state index contributed by atoms with van der Waals surface area (Å²) in [6.07, 6.45) is 1.66. The lowest BCUT2D eigenvalue weighted by Crippen LogP contribution is -2.13. The zero-order chi connectivity index (χ0) is 13.1. The van der Waals surface area contributed by atoms with Gasteiger partial charge in [-0.2, -0.15) is 0 Å². The van der Waals surface area contributed by atoms with Gasteiger partial charge in [-0.25, -0.2) is 0 Å². The van der Waals surface area contributed by atoms with E-state index in [0.717, 1.165) is 20.3 Å². The first-order chi connectivity index (χ1) is 8.58. The van der Waals surface area contributed by atoms with Crippen molar-refractivity contribution in [2.24, 2.45) is 5.73 Å². The van der Waals surface area contributed by atoms with Crippen LogP contribution >= 0.6 is 44.1 Å². The molecule has 0 atom stereocenters. The van der Waals surface area contributed by atoms with E-state index in [1.807, 2.05) is 30.3 Å². The molecule has 2 aromatic rings. The molecule has 2 rings (SSSR count). The summed E-state index contributed by atoms with van der Waals surface area (Å²) in [5, 5.41) is 3.26. The fourth-order valence-electron chi connectivity index (χ4n) is 1.44. The molecule has 1 heterocycles. The third kappa shape index (κ3) is 3.07. The number of hydrogen-bond donors (Lipinski definition) is 2. The summed E-state index contributed by atoms with van der Waals surface area (Å²) in [5.74, 6) is 0. The number of rotatable bonds is 3. The van der Waals surface area contributed by atoms with Crippen LogP contribution in [0.5, 0.6) is 0 Å². The van der Waals surface area contributed by atoms with E-state index in [2.05, 4.69) is 42.2 Å². The monoisotopic (exact) mass is 385 g/mol. The minimum atomic E-state index is 0.268. The number of aromatic nitrogens is 1. The van der Waals surface area contributed by atoms with Crippen LogP contribution < -0.4 is 11.1 Å². The number of nitrogens with one attached hydrogen (secondary N) is 1. The highest BCUT2D eigenvalue weighted by atomic mass is 79.9. The van der Waals surface area contributed by atoms with Gasteiger partial charge in [0.05, 0.1) is 11.4 Å². The zero-order valence-electron chi connectivity index (χ0n) is 9.15. The Hall–Kier alpha value is -0.980. The van der Waals surface area contributed by atoms with Gasteiger partial charge in [0.1, 0.15) is 10.7 Å². The van der Waals surface area contributed by atoms with E-state index in [1.165, 1.54) is 0 Å². The topological polar surface area (TPSA) is 50.9 Å². The zero-order valence-corrected chi connectivity index (χ0v) is 13.1. The van der Waals surface area contributed by atoms with Gasteiger partial charge in [-0.05, 0) is 46.3 Å². The van der Waals surface area contributed by atoms with Gasteiger partial charge >= 0.3 is 0 Å². The van der Waals surface area contributed by atoms with E-state index in [4.69, 9.17) is 18.0 Å². The molecule has 0 fully saturated rings. The van der Waals surface area contributed by atoms with Crippen LogP contribution in [0.15, 0.2) is 45.5 Å². The van der Waals surface area contributed by atoms with Crippen molar-refractivity contribution in [3.8, 4) is 0 Å². The second-order valence-electron chi connectivity index (χ2n) is 3.51. The smallest absolute Gasteiger partial charge is 0.124 e. The summed E-state index contributed by atoms with van der Waals surface area (Å²) in [4.78, 5) is 4.44. The maximum absolute atomic E-state index is 5.64. The Kier molecular flexibility index (Phi) is 4.31. The average molecular weight is 387 g/mol. The fourth-order valence-corrected chi connectivity index (χ4v) is 2.31. The molecule has 0 aliphatic rings. The lowest BCUT2D eigenvalue weighted by Gasteiger charge is -2.11. The van der Waals surface area contributed by atoms with E-state index in [1.54, 1.807) is 6.20 Å². The molecular weight excluding hydrogens is 378 g/mol. The average Bonchev–Trinajstić information content (AvgIpc) is 2.34. The maximum atomic E-state index is 5.64. The van der Waals surface area contributed by atoms with Crippen LogP contribution in [0.1, 0.15) is 5.69 Å². The van der Waals surface area contributed by atoms with Crippen molar-refractivity contribution in [1.82, 2.24) is 4.98 Å². The molecule has 0 bridgehead atoms. The highest BCUT2D eigenvalue weighted by Gasteiger charge is 2.08. The Morgan fingerprint density at radius 1 is 1.22 bits per heavy atom. The Balaban J connectivity index is 2.40. The van der Waals surface area contributed by atoms with E-state index in [9.17, 15) is 0 Å². The van der Waals surface area contributed by atoms with Crippen LogP contribution in [0.3, 0.4) is 0 Å². The third-order valence-electron chi connectivity index (χ3n) is 2.24. The summed E-state index contributed by atoms with van der Waals surface area (Å²) >= 11 is 11.9. The SMILES string of the molecule is NC(=S)c1ncccc1Nc1cc(Br)ccc1Br. The molecule has 18 heavy (non-hydrogen) atoms. The second kappa shape index (κ2) is 5.77. The predicted molar refractivity (Wildman–Crippen MR) is 85.2 cm³/mol. The molecule has 6 heteroatoms. The van der Waals surface area contributed by atoms with Crippen LogP contribution in [0.25, 0.3) is 0 Å². The molecule has 1 aromatic heterocycles. The molecule has 0 saturated heterocycles. The molecule has 3 N–H and O–H groups in total. The van der Waals surface area contributed by atoms with Crippen LogP contribution in [0, 0.1) is 0 Å². The highest BCUT2D eigenvalue weighted by Crippen LogP contribution is 2.29. The molecule has 92 valence electrons. The minimum Gasteiger partial charge on any atom is -0.388 e. The molecule has 0 amide bonds. The van der Waals surface area contributed by atoms with Crippen molar-refractivity contribution in [3.63, 3.8) is 0 Å². The van der Waals surface area contributed by atoms with E-state index in [-0.39, 0.29) is 4.99 Å². The van der Waals surface area contributed by atoms with Gasteiger partial charge < -0.3 is 11.1 Å². The number of hydrogen-bond acceptors (Lipinski definition) is 3. The number of nitrogens with zero attached hydrogens (tertiary/aromatic N) is 1. The molecule has 0 saturated carbocycles. The predicted octanol–water partition coefficient (Wildman–Crippen LogP) is 3.98. The maximum Gasteiger partial charge on any atom is 0.124 e. The normalized spacial score (nSPS) is 10.1. The minimum absolute atomic E-state index is 0.268. The van der Waals surface area contributed by atoms with Gasteiger partial charge in [-0.3, -0.25) is 4.98 Å². The van der Waals surface area contributed by atoms with Gasteiger partial charge in [0.2, 0.25) is 0 Å². The van der Waals surface area contributed by atoms with E-state index < -0.39 is 0 Å². The quantitative estimate of drug-likeness (QED) is 0.783. The number of thiocarbonyl (C=S) groups is 1. The first kappa shape index (κ1) is 13.5. The van der Waals surface area contributed by atoms with Crippen molar-refractivity contribution >= 4 is 60.4 Å². The highest BCUT2D eigenvalue weighted by molar-refractivity contribution is 9.11. The summed E-state index contributed by atoms with van der Waals surface area (Å²) in [6.45, 7) is 0. The van der Waals surface area contributed by atoms with E-state index >= 15 is 0 Å². The lowest BCUT2D eigenvalue weighted by molar-refractivity contribution is 1.28. The second-order valence-corrected chi connectivity index (χ2v) is 5.72. The Labute approximate surface area is 127 Å². The fraction of sp³-hybridized carbons (Fsp3) is 0. The number of halogens is 2. The molecule has 0 spiro atoms. The van der Waals surface area contributed by atoms with Crippen LogP contribution in [-0.2, 0) is 0 Å². The summed E-state index contributed by atoms with van der Waals surface area (Å²) in [6, 6.07) is 9.57. The number of benzene rings is 1. The lowest BCUT2D eigenvalue weighted by atomic mass is 10.2. The number of pyridine rings is 1. The van der Waals surface area contributed by atoms with Crippen molar-refractivity contribution in [2.75, 3.05) is 5.32 Å². The van der Waals surface area contributed by atoms with Crippen LogP contribution in [-0.4, -0.2) is 9.97 Å². The third-order valence-corrected chi connectivity index (χ3v) is 3.62. The first-order valence-corrected chi connectivity index (χ1v) is 7.04.